The number of benzene rings is 2. The molecule has 0 aliphatic carbocycles. The molecule has 0 radical (unpaired) electrons. The highest BCUT2D eigenvalue weighted by molar-refractivity contribution is 7.80. The molecule has 0 aliphatic heterocycles. The van der Waals surface area contributed by atoms with Gasteiger partial charge < -0.3 is 21.4 Å². The maximum absolute atomic E-state index is 5.65. The zero-order valence-electron chi connectivity index (χ0n) is 11.5. The van der Waals surface area contributed by atoms with E-state index in [4.69, 9.17) is 18.0 Å². The number of nitrogens with zero attached hydrogens (tertiary/aromatic N) is 1. The van der Waals surface area contributed by atoms with E-state index in [1.165, 1.54) is 0 Å². The third kappa shape index (κ3) is 3.11. The van der Waals surface area contributed by atoms with Crippen LogP contribution in [0.2, 0.25) is 0 Å². The maximum Gasteiger partial charge on any atom is 0.175 e. The molecule has 3 rings (SSSR count). The van der Waals surface area contributed by atoms with Crippen LogP contribution >= 0.6 is 12.2 Å². The largest absolute Gasteiger partial charge is 0.399 e. The van der Waals surface area contributed by atoms with E-state index in [0.29, 0.717) is 5.11 Å². The van der Waals surface area contributed by atoms with Crippen molar-refractivity contribution in [2.45, 2.75) is 6.92 Å². The quantitative estimate of drug-likeness (QED) is 0.431. The lowest BCUT2D eigenvalue weighted by Crippen LogP contribution is -2.18. The summed E-state index contributed by atoms with van der Waals surface area (Å²) in [5.41, 5.74) is 10.1. The summed E-state index contributed by atoms with van der Waals surface area (Å²) in [5.74, 6) is 0.893. The van der Waals surface area contributed by atoms with Crippen molar-refractivity contribution in [1.82, 2.24) is 9.97 Å². The van der Waals surface area contributed by atoms with Crippen molar-refractivity contribution in [3.63, 3.8) is 0 Å². The van der Waals surface area contributed by atoms with Crippen molar-refractivity contribution in [3.8, 4) is 0 Å². The van der Waals surface area contributed by atoms with Gasteiger partial charge >= 0.3 is 0 Å². The Hall–Kier alpha value is -2.60. The number of thiocarbonyl (C=S) groups is 1. The normalized spacial score (nSPS) is 10.5. The van der Waals surface area contributed by atoms with Crippen LogP contribution in [0.15, 0.2) is 42.5 Å². The Morgan fingerprint density at radius 3 is 2.52 bits per heavy atom. The Balaban J connectivity index is 1.71. The van der Waals surface area contributed by atoms with Crippen LogP contribution in [0.1, 0.15) is 5.82 Å². The lowest BCUT2D eigenvalue weighted by atomic mass is 10.3. The van der Waals surface area contributed by atoms with Crippen molar-refractivity contribution >= 4 is 45.4 Å². The second-order valence-electron chi connectivity index (χ2n) is 4.76. The number of H-pyrrole nitrogens is 1. The number of nitrogens with two attached hydrogens (primary N) is 1. The minimum atomic E-state index is 0.520. The van der Waals surface area contributed by atoms with E-state index in [0.717, 1.165) is 33.9 Å². The molecule has 0 atom stereocenters. The first-order valence-corrected chi connectivity index (χ1v) is 6.91. The molecule has 0 saturated carbocycles. The maximum atomic E-state index is 5.65. The molecule has 5 nitrogen and oxygen atoms in total. The number of hydrogen-bond donors (Lipinski definition) is 4. The first kappa shape index (κ1) is 13.4. The molecular formula is C15H15N5S. The van der Waals surface area contributed by atoms with Crippen LogP contribution in [-0.4, -0.2) is 15.1 Å². The Kier molecular flexibility index (Phi) is 3.45. The van der Waals surface area contributed by atoms with E-state index in [2.05, 4.69) is 20.6 Å². The van der Waals surface area contributed by atoms with Crippen LogP contribution in [-0.2, 0) is 0 Å². The lowest BCUT2D eigenvalue weighted by Gasteiger charge is -2.10. The van der Waals surface area contributed by atoms with Crippen LogP contribution < -0.4 is 16.4 Å². The second kappa shape index (κ2) is 5.41. The second-order valence-corrected chi connectivity index (χ2v) is 5.16. The topological polar surface area (TPSA) is 78.8 Å². The van der Waals surface area contributed by atoms with E-state index >= 15 is 0 Å². The van der Waals surface area contributed by atoms with Gasteiger partial charge in [-0.2, -0.15) is 0 Å². The smallest absolute Gasteiger partial charge is 0.175 e. The summed E-state index contributed by atoms with van der Waals surface area (Å²) in [6, 6.07) is 13.3. The molecule has 6 heteroatoms. The van der Waals surface area contributed by atoms with Crippen LogP contribution in [0.5, 0.6) is 0 Å². The Morgan fingerprint density at radius 2 is 1.76 bits per heavy atom. The number of nitrogens with one attached hydrogen (secondary N) is 3. The first-order chi connectivity index (χ1) is 10.1. The standard InChI is InChI=1S/C15H15N5S/c1-9-17-13-7-6-12(8-14(13)18-9)20-15(21)19-11-4-2-10(16)3-5-11/h2-8H,16H2,1H3,(H,17,18)(H2,19,20,21). The van der Waals surface area contributed by atoms with E-state index in [-0.39, 0.29) is 0 Å². The number of nitrogen functional groups attached to an aromatic ring is 1. The number of hydrogen-bond acceptors (Lipinski definition) is 3. The summed E-state index contributed by atoms with van der Waals surface area (Å²) in [5, 5.41) is 6.77. The minimum absolute atomic E-state index is 0.520. The monoisotopic (exact) mass is 297 g/mol. The van der Waals surface area contributed by atoms with E-state index in [9.17, 15) is 0 Å². The molecule has 1 aromatic heterocycles. The number of anilines is 3. The van der Waals surface area contributed by atoms with Crippen LogP contribution in [0.4, 0.5) is 17.1 Å². The van der Waals surface area contributed by atoms with Crippen molar-refractivity contribution in [2.75, 3.05) is 16.4 Å². The molecule has 0 spiro atoms. The molecule has 0 aliphatic rings. The zero-order chi connectivity index (χ0) is 14.8. The van der Waals surface area contributed by atoms with Crippen LogP contribution in [0.3, 0.4) is 0 Å². The van der Waals surface area contributed by atoms with E-state index < -0.39 is 0 Å². The van der Waals surface area contributed by atoms with Gasteiger partial charge in [0.25, 0.3) is 0 Å². The zero-order valence-corrected chi connectivity index (χ0v) is 12.3. The lowest BCUT2D eigenvalue weighted by molar-refractivity contribution is 1.17. The number of imidazole rings is 1. The third-order valence-electron chi connectivity index (χ3n) is 3.03. The fraction of sp³-hybridized carbons (Fsp3) is 0.0667. The number of aromatic amines is 1. The highest BCUT2D eigenvalue weighted by Gasteiger charge is 2.03. The number of aromatic nitrogens is 2. The molecule has 0 amide bonds. The SMILES string of the molecule is Cc1nc2cc(NC(=S)Nc3ccc(N)cc3)ccc2[nH]1. The van der Waals surface area contributed by atoms with Gasteiger partial charge in [0.1, 0.15) is 5.82 Å². The summed E-state index contributed by atoms with van der Waals surface area (Å²) in [4.78, 5) is 7.59. The fourth-order valence-electron chi connectivity index (χ4n) is 2.07. The van der Waals surface area contributed by atoms with Gasteiger partial charge in [-0.05, 0) is 61.6 Å². The van der Waals surface area contributed by atoms with Gasteiger partial charge in [-0.15, -0.1) is 0 Å². The summed E-state index contributed by atoms with van der Waals surface area (Å²) in [6.07, 6.45) is 0. The summed E-state index contributed by atoms with van der Waals surface area (Å²) in [7, 11) is 0. The van der Waals surface area contributed by atoms with Crippen LogP contribution in [0.25, 0.3) is 11.0 Å². The fourth-order valence-corrected chi connectivity index (χ4v) is 2.31. The van der Waals surface area contributed by atoms with E-state index in [1.54, 1.807) is 0 Å². The van der Waals surface area contributed by atoms with Gasteiger partial charge in [0.15, 0.2) is 5.11 Å². The summed E-state index contributed by atoms with van der Waals surface area (Å²) < 4.78 is 0. The average molecular weight is 297 g/mol. The van der Waals surface area contributed by atoms with Gasteiger partial charge in [-0.25, -0.2) is 4.98 Å². The third-order valence-corrected chi connectivity index (χ3v) is 3.23. The minimum Gasteiger partial charge on any atom is -0.399 e. The van der Waals surface area contributed by atoms with Crippen LogP contribution in [0, 0.1) is 6.92 Å². The van der Waals surface area contributed by atoms with Gasteiger partial charge in [0, 0.05) is 17.1 Å². The van der Waals surface area contributed by atoms with E-state index in [1.807, 2.05) is 49.4 Å². The predicted molar refractivity (Wildman–Crippen MR) is 91.5 cm³/mol. The molecule has 5 N–H and O–H groups in total. The van der Waals surface area contributed by atoms with Crippen molar-refractivity contribution in [3.05, 3.63) is 48.3 Å². The highest BCUT2D eigenvalue weighted by Crippen LogP contribution is 2.17. The van der Waals surface area contributed by atoms with Crippen molar-refractivity contribution < 1.29 is 0 Å². The predicted octanol–water partition coefficient (Wildman–Crippen LogP) is 3.26. The first-order valence-electron chi connectivity index (χ1n) is 6.50. The average Bonchev–Trinajstić information content (AvgIpc) is 2.80. The van der Waals surface area contributed by atoms with Crippen molar-refractivity contribution in [2.24, 2.45) is 0 Å². The molecular weight excluding hydrogens is 282 g/mol. The van der Waals surface area contributed by atoms with Gasteiger partial charge in [0.05, 0.1) is 11.0 Å². The Labute approximate surface area is 127 Å². The molecule has 0 unspecified atom stereocenters. The summed E-state index contributed by atoms with van der Waals surface area (Å²) >= 11 is 5.30. The number of rotatable bonds is 2. The summed E-state index contributed by atoms with van der Waals surface area (Å²) in [6.45, 7) is 1.93. The Morgan fingerprint density at radius 1 is 1.10 bits per heavy atom. The van der Waals surface area contributed by atoms with Crippen molar-refractivity contribution in [1.29, 1.82) is 0 Å². The molecule has 21 heavy (non-hydrogen) atoms. The molecule has 2 aromatic carbocycles. The van der Waals surface area contributed by atoms with Gasteiger partial charge in [-0.3, -0.25) is 0 Å². The molecule has 1 heterocycles. The Bertz CT molecular complexity index is 791. The molecule has 106 valence electrons. The van der Waals surface area contributed by atoms with Gasteiger partial charge in [0.2, 0.25) is 0 Å². The molecule has 3 aromatic rings. The molecule has 0 saturated heterocycles. The number of fused-ring (bicyclic) bond motifs is 1. The van der Waals surface area contributed by atoms with Gasteiger partial charge in [-0.1, -0.05) is 0 Å². The highest BCUT2D eigenvalue weighted by atomic mass is 32.1. The number of aryl methyl sites for hydroxylation is 1. The molecule has 0 bridgehead atoms. The molecule has 0 fully saturated rings.